The summed E-state index contributed by atoms with van der Waals surface area (Å²) in [4.78, 5) is -0.270. The molecule has 0 atom stereocenters. The van der Waals surface area contributed by atoms with Crippen molar-refractivity contribution in [2.45, 2.75) is 11.1 Å². The Morgan fingerprint density at radius 1 is 1.08 bits per heavy atom. The van der Waals surface area contributed by atoms with Crippen LogP contribution in [0.25, 0.3) is 0 Å². The van der Waals surface area contributed by atoms with Gasteiger partial charge in [0, 0.05) is 5.02 Å². The third-order valence-electron chi connectivity index (χ3n) is 2.96. The van der Waals surface area contributed by atoms with E-state index in [1.807, 2.05) is 0 Å². The van der Waals surface area contributed by atoms with E-state index in [0.717, 1.165) is 18.2 Å². The normalized spacial score (nSPS) is 12.1. The molecule has 2 aromatic carbocycles. The molecule has 2 rings (SSSR count). The van der Waals surface area contributed by atoms with Crippen molar-refractivity contribution in [2.24, 2.45) is 0 Å². The van der Waals surface area contributed by atoms with Crippen molar-refractivity contribution in [3.05, 3.63) is 52.0 Å². The van der Waals surface area contributed by atoms with Gasteiger partial charge < -0.3 is 4.74 Å². The van der Waals surface area contributed by atoms with Crippen molar-refractivity contribution >= 4 is 38.9 Å². The van der Waals surface area contributed by atoms with Crippen LogP contribution in [0.3, 0.4) is 0 Å². The third-order valence-corrected chi connectivity index (χ3v) is 4.89. The molecule has 10 heteroatoms. The molecule has 0 spiro atoms. The second kappa shape index (κ2) is 6.70. The van der Waals surface area contributed by atoms with Gasteiger partial charge >= 0.3 is 6.18 Å². The number of halogens is 5. The quantitative estimate of drug-likeness (QED) is 0.801. The first-order chi connectivity index (χ1) is 11.0. The maximum atomic E-state index is 12.6. The van der Waals surface area contributed by atoms with E-state index >= 15 is 0 Å². The minimum absolute atomic E-state index is 0.0231. The van der Waals surface area contributed by atoms with Gasteiger partial charge in [-0.25, -0.2) is 8.42 Å². The van der Waals surface area contributed by atoms with Gasteiger partial charge in [0.1, 0.15) is 10.6 Å². The van der Waals surface area contributed by atoms with Crippen molar-refractivity contribution in [3.63, 3.8) is 0 Å². The summed E-state index contributed by atoms with van der Waals surface area (Å²) in [6.07, 6.45) is -4.59. The number of sulfonamides is 1. The zero-order valence-corrected chi connectivity index (χ0v) is 14.3. The molecule has 0 saturated carbocycles. The lowest BCUT2D eigenvalue weighted by molar-refractivity contribution is -0.137. The number of benzene rings is 2. The van der Waals surface area contributed by atoms with Crippen LogP contribution in [-0.2, 0) is 16.2 Å². The van der Waals surface area contributed by atoms with E-state index in [1.165, 1.54) is 19.2 Å². The molecule has 0 radical (unpaired) electrons. The average molecular weight is 400 g/mol. The molecule has 24 heavy (non-hydrogen) atoms. The van der Waals surface area contributed by atoms with Gasteiger partial charge in [0.05, 0.1) is 23.4 Å². The predicted molar refractivity (Wildman–Crippen MR) is 85.3 cm³/mol. The van der Waals surface area contributed by atoms with Crippen molar-refractivity contribution in [1.82, 2.24) is 0 Å². The summed E-state index contributed by atoms with van der Waals surface area (Å²) in [7, 11) is -2.90. The summed E-state index contributed by atoms with van der Waals surface area (Å²) in [6.45, 7) is 0. The monoisotopic (exact) mass is 399 g/mol. The zero-order chi connectivity index (χ0) is 18.1. The summed E-state index contributed by atoms with van der Waals surface area (Å²) in [5.41, 5.74) is -1.19. The number of methoxy groups -OCH3 is 1. The summed E-state index contributed by atoms with van der Waals surface area (Å²) in [6, 6.07) is 6.23. The number of ether oxygens (including phenoxy) is 1. The summed E-state index contributed by atoms with van der Waals surface area (Å²) < 4.78 is 69.8. The van der Waals surface area contributed by atoms with Gasteiger partial charge in [0.25, 0.3) is 10.0 Å². The van der Waals surface area contributed by atoms with Gasteiger partial charge in [-0.2, -0.15) is 13.2 Å². The average Bonchev–Trinajstić information content (AvgIpc) is 2.48. The lowest BCUT2D eigenvalue weighted by Gasteiger charge is -2.14. The van der Waals surface area contributed by atoms with Gasteiger partial charge in [-0.15, -0.1) is 0 Å². The summed E-state index contributed by atoms with van der Waals surface area (Å²) in [5, 5.41) is -0.246. The highest BCUT2D eigenvalue weighted by atomic mass is 35.5. The number of nitrogens with one attached hydrogen (secondary N) is 1. The van der Waals surface area contributed by atoms with Crippen LogP contribution in [-0.4, -0.2) is 15.5 Å². The third kappa shape index (κ3) is 4.06. The number of hydrogen-bond acceptors (Lipinski definition) is 3. The van der Waals surface area contributed by atoms with Crippen LogP contribution in [0.1, 0.15) is 5.56 Å². The molecule has 0 aromatic heterocycles. The predicted octanol–water partition coefficient (Wildman–Crippen LogP) is 4.82. The highest BCUT2D eigenvalue weighted by molar-refractivity contribution is 7.92. The molecule has 0 aliphatic carbocycles. The number of anilines is 1. The van der Waals surface area contributed by atoms with E-state index in [2.05, 4.69) is 4.72 Å². The SMILES string of the molecule is COc1ccc(Cl)cc1S(=O)(=O)Nc1ccc(C(F)(F)F)cc1Cl. The molecule has 2 aromatic rings. The fraction of sp³-hybridized carbons (Fsp3) is 0.143. The lowest BCUT2D eigenvalue weighted by Crippen LogP contribution is -2.15. The van der Waals surface area contributed by atoms with Gasteiger partial charge in [-0.05, 0) is 36.4 Å². The van der Waals surface area contributed by atoms with Gasteiger partial charge in [0.2, 0.25) is 0 Å². The van der Waals surface area contributed by atoms with E-state index in [4.69, 9.17) is 27.9 Å². The largest absolute Gasteiger partial charge is 0.495 e. The minimum atomic E-state index is -4.59. The fourth-order valence-corrected chi connectivity index (χ4v) is 3.63. The molecule has 4 nitrogen and oxygen atoms in total. The standard InChI is InChI=1S/C14H10Cl2F3NO3S/c1-23-12-5-3-9(15)7-13(12)24(21,22)20-11-4-2-8(6-10(11)16)14(17,18)19/h2-7,20H,1H3. The van der Waals surface area contributed by atoms with Crippen LogP contribution in [0, 0.1) is 0 Å². The topological polar surface area (TPSA) is 55.4 Å². The number of hydrogen-bond donors (Lipinski definition) is 1. The Hall–Kier alpha value is -1.64. The highest BCUT2D eigenvalue weighted by Crippen LogP contribution is 2.35. The molecule has 0 saturated heterocycles. The van der Waals surface area contributed by atoms with Crippen molar-refractivity contribution in [1.29, 1.82) is 0 Å². The lowest BCUT2D eigenvalue weighted by atomic mass is 10.2. The Balaban J connectivity index is 2.42. The molecule has 0 amide bonds. The molecule has 0 fully saturated rings. The van der Waals surface area contributed by atoms with Gasteiger partial charge in [-0.1, -0.05) is 23.2 Å². The first-order valence-corrected chi connectivity index (χ1v) is 8.51. The molecular weight excluding hydrogens is 390 g/mol. The maximum absolute atomic E-state index is 12.6. The molecule has 0 aliphatic rings. The molecule has 130 valence electrons. The van der Waals surface area contributed by atoms with E-state index in [-0.39, 0.29) is 21.4 Å². The highest BCUT2D eigenvalue weighted by Gasteiger charge is 2.31. The van der Waals surface area contributed by atoms with Crippen molar-refractivity contribution < 1.29 is 26.3 Å². The van der Waals surface area contributed by atoms with Crippen LogP contribution in [0.2, 0.25) is 10.0 Å². The first-order valence-electron chi connectivity index (χ1n) is 6.27. The maximum Gasteiger partial charge on any atom is 0.416 e. The van der Waals surface area contributed by atoms with Crippen molar-refractivity contribution in [2.75, 3.05) is 11.8 Å². The van der Waals surface area contributed by atoms with E-state index in [1.54, 1.807) is 0 Å². The Morgan fingerprint density at radius 3 is 2.29 bits per heavy atom. The number of alkyl halides is 3. The van der Waals surface area contributed by atoms with E-state index < -0.39 is 26.8 Å². The minimum Gasteiger partial charge on any atom is -0.495 e. The smallest absolute Gasteiger partial charge is 0.416 e. The van der Waals surface area contributed by atoms with Crippen LogP contribution < -0.4 is 9.46 Å². The van der Waals surface area contributed by atoms with Crippen LogP contribution in [0.15, 0.2) is 41.3 Å². The second-order valence-electron chi connectivity index (χ2n) is 4.59. The molecule has 0 aliphatic heterocycles. The van der Waals surface area contributed by atoms with Crippen LogP contribution in [0.4, 0.5) is 18.9 Å². The Morgan fingerprint density at radius 2 is 1.75 bits per heavy atom. The molecular formula is C14H10Cl2F3NO3S. The van der Waals surface area contributed by atoms with Crippen LogP contribution >= 0.6 is 23.2 Å². The summed E-state index contributed by atoms with van der Waals surface area (Å²) in [5.74, 6) is 0.0231. The Bertz CT molecular complexity index is 870. The van der Waals surface area contributed by atoms with Crippen LogP contribution in [0.5, 0.6) is 5.75 Å². The Kier molecular flexibility index (Phi) is 5.22. The summed E-state index contributed by atoms with van der Waals surface area (Å²) >= 11 is 11.5. The Labute approximate surface area is 146 Å². The van der Waals surface area contributed by atoms with E-state index in [0.29, 0.717) is 6.07 Å². The van der Waals surface area contributed by atoms with Crippen molar-refractivity contribution in [3.8, 4) is 5.75 Å². The van der Waals surface area contributed by atoms with E-state index in [9.17, 15) is 21.6 Å². The van der Waals surface area contributed by atoms with Gasteiger partial charge in [0.15, 0.2) is 0 Å². The molecule has 0 unspecified atom stereocenters. The van der Waals surface area contributed by atoms with Gasteiger partial charge in [-0.3, -0.25) is 4.72 Å². The first kappa shape index (κ1) is 18.7. The zero-order valence-electron chi connectivity index (χ0n) is 12.0. The second-order valence-corrected chi connectivity index (χ2v) is 7.09. The molecule has 0 bridgehead atoms. The number of rotatable bonds is 4. The molecule has 1 N–H and O–H groups in total. The fourth-order valence-electron chi connectivity index (χ4n) is 1.83. The molecule has 0 heterocycles.